The zero-order valence-electron chi connectivity index (χ0n) is 15.5. The van der Waals surface area contributed by atoms with Gasteiger partial charge in [0.15, 0.2) is 0 Å². The van der Waals surface area contributed by atoms with Crippen LogP contribution in [0.2, 0.25) is 5.02 Å². The number of aliphatic hydroxyl groups excluding tert-OH is 4. The molecule has 0 radical (unpaired) electrons. The second-order valence-corrected chi connectivity index (χ2v) is 7.26. The fourth-order valence-corrected chi connectivity index (χ4v) is 3.56. The van der Waals surface area contributed by atoms with E-state index < -0.39 is 37.1 Å². The summed E-state index contributed by atoms with van der Waals surface area (Å²) in [5.41, 5.74) is 2.49. The van der Waals surface area contributed by atoms with Gasteiger partial charge >= 0.3 is 0 Å². The highest BCUT2D eigenvalue weighted by molar-refractivity contribution is 6.31. The average molecular weight is 409 g/mol. The van der Waals surface area contributed by atoms with E-state index in [0.29, 0.717) is 23.6 Å². The first kappa shape index (κ1) is 21.0. The summed E-state index contributed by atoms with van der Waals surface area (Å²) in [6.07, 6.45) is -5.39. The summed E-state index contributed by atoms with van der Waals surface area (Å²) < 4.78 is 11.1. The number of halogens is 1. The van der Waals surface area contributed by atoms with Gasteiger partial charge in [-0.05, 0) is 48.2 Å². The van der Waals surface area contributed by atoms with Crippen molar-refractivity contribution in [1.82, 2.24) is 0 Å². The smallest absolute Gasteiger partial charge is 0.119 e. The summed E-state index contributed by atoms with van der Waals surface area (Å²) in [7, 11) is 0. The summed E-state index contributed by atoms with van der Waals surface area (Å²) >= 11 is 6.35. The Balaban J connectivity index is 1.82. The van der Waals surface area contributed by atoms with Crippen molar-refractivity contribution in [2.24, 2.45) is 0 Å². The minimum absolute atomic E-state index is 0.464. The molecule has 7 heteroatoms. The van der Waals surface area contributed by atoms with Crippen molar-refractivity contribution in [3.05, 3.63) is 64.2 Å². The van der Waals surface area contributed by atoms with Gasteiger partial charge in [-0.3, -0.25) is 0 Å². The van der Waals surface area contributed by atoms with Crippen molar-refractivity contribution in [2.75, 3.05) is 13.2 Å². The molecule has 0 saturated carbocycles. The van der Waals surface area contributed by atoms with Crippen LogP contribution in [0.4, 0.5) is 0 Å². The standard InChI is InChI=1S/C21H25ClO6/c1-2-27-15-6-3-12(4-7-15)9-14-10-13(5-8-16(14)22)21-20(26)19(25)18(24)17(11-23)28-21/h3-8,10,17-21,23-26H,2,9,11H2,1H3/t17-,18-,19-,20+,21?/m0/s1. The molecule has 0 aliphatic carbocycles. The van der Waals surface area contributed by atoms with E-state index in [1.165, 1.54) is 0 Å². The minimum atomic E-state index is -1.42. The number of rotatable bonds is 6. The quantitative estimate of drug-likeness (QED) is 0.582. The van der Waals surface area contributed by atoms with Gasteiger partial charge in [0.25, 0.3) is 0 Å². The molecule has 2 aromatic carbocycles. The fourth-order valence-electron chi connectivity index (χ4n) is 3.37. The second kappa shape index (κ2) is 9.22. The monoisotopic (exact) mass is 408 g/mol. The molecule has 4 N–H and O–H groups in total. The molecule has 5 atom stereocenters. The molecule has 6 nitrogen and oxygen atoms in total. The maximum Gasteiger partial charge on any atom is 0.119 e. The van der Waals surface area contributed by atoms with Crippen LogP contribution in [0.5, 0.6) is 5.75 Å². The van der Waals surface area contributed by atoms with E-state index in [9.17, 15) is 20.4 Å². The third kappa shape index (κ3) is 4.49. The Morgan fingerprint density at radius 2 is 1.71 bits per heavy atom. The van der Waals surface area contributed by atoms with E-state index in [-0.39, 0.29) is 0 Å². The van der Waals surface area contributed by atoms with Crippen LogP contribution in [-0.4, -0.2) is 58.1 Å². The van der Waals surface area contributed by atoms with E-state index in [2.05, 4.69) is 0 Å². The summed E-state index contributed by atoms with van der Waals surface area (Å²) in [6.45, 7) is 2.07. The number of aliphatic hydroxyl groups is 4. The molecule has 0 bridgehead atoms. The molecule has 1 saturated heterocycles. The SMILES string of the molecule is CCOc1ccc(Cc2cc(C3O[C@@H](CO)[C@H](O)[C@H](O)[C@H]3O)ccc2Cl)cc1. The average Bonchev–Trinajstić information content (AvgIpc) is 2.70. The molecule has 0 amide bonds. The molecule has 1 heterocycles. The second-order valence-electron chi connectivity index (χ2n) is 6.85. The summed E-state index contributed by atoms with van der Waals surface area (Å²) in [5.74, 6) is 0.799. The lowest BCUT2D eigenvalue weighted by Gasteiger charge is -2.40. The molecule has 0 aromatic heterocycles. The van der Waals surface area contributed by atoms with Gasteiger partial charge in [-0.2, -0.15) is 0 Å². The maximum absolute atomic E-state index is 10.3. The maximum atomic E-state index is 10.3. The molecule has 1 fully saturated rings. The Bertz CT molecular complexity index is 779. The molecule has 0 spiro atoms. The summed E-state index contributed by atoms with van der Waals surface area (Å²) in [4.78, 5) is 0. The van der Waals surface area contributed by atoms with Crippen molar-refractivity contribution >= 4 is 11.6 Å². The largest absolute Gasteiger partial charge is 0.494 e. The molecule has 1 aliphatic rings. The third-order valence-corrected chi connectivity index (χ3v) is 5.29. The van der Waals surface area contributed by atoms with Gasteiger partial charge in [0, 0.05) is 5.02 Å². The van der Waals surface area contributed by atoms with Crippen LogP contribution in [0.25, 0.3) is 0 Å². The molecule has 28 heavy (non-hydrogen) atoms. The van der Waals surface area contributed by atoms with E-state index in [0.717, 1.165) is 16.9 Å². The minimum Gasteiger partial charge on any atom is -0.494 e. The van der Waals surface area contributed by atoms with Gasteiger partial charge in [-0.15, -0.1) is 0 Å². The molecule has 1 unspecified atom stereocenters. The van der Waals surface area contributed by atoms with E-state index in [1.54, 1.807) is 12.1 Å². The Kier molecular flexibility index (Phi) is 6.93. The molecule has 152 valence electrons. The van der Waals surface area contributed by atoms with Gasteiger partial charge in [-0.1, -0.05) is 35.9 Å². The molecule has 3 rings (SSSR count). The Hall–Kier alpha value is -1.67. The van der Waals surface area contributed by atoms with E-state index >= 15 is 0 Å². The van der Waals surface area contributed by atoms with Crippen LogP contribution in [-0.2, 0) is 11.2 Å². The van der Waals surface area contributed by atoms with Crippen LogP contribution in [0.1, 0.15) is 29.7 Å². The lowest BCUT2D eigenvalue weighted by molar-refractivity contribution is -0.231. The highest BCUT2D eigenvalue weighted by Gasteiger charge is 2.43. The highest BCUT2D eigenvalue weighted by atomic mass is 35.5. The van der Waals surface area contributed by atoms with Crippen LogP contribution in [0.15, 0.2) is 42.5 Å². The normalized spacial score (nSPS) is 27.6. The number of hydrogen-bond acceptors (Lipinski definition) is 6. The van der Waals surface area contributed by atoms with Crippen molar-refractivity contribution in [3.63, 3.8) is 0 Å². The Morgan fingerprint density at radius 1 is 1.00 bits per heavy atom. The van der Waals surface area contributed by atoms with Gasteiger partial charge < -0.3 is 29.9 Å². The number of benzene rings is 2. The topological polar surface area (TPSA) is 99.4 Å². The van der Waals surface area contributed by atoms with Gasteiger partial charge in [0.1, 0.15) is 36.3 Å². The Morgan fingerprint density at radius 3 is 2.36 bits per heavy atom. The van der Waals surface area contributed by atoms with Crippen LogP contribution in [0.3, 0.4) is 0 Å². The first-order valence-corrected chi connectivity index (χ1v) is 9.63. The fraction of sp³-hybridized carbons (Fsp3) is 0.429. The van der Waals surface area contributed by atoms with Crippen LogP contribution >= 0.6 is 11.6 Å². The predicted octanol–water partition coefficient (Wildman–Crippen LogP) is 1.84. The van der Waals surface area contributed by atoms with Gasteiger partial charge in [-0.25, -0.2) is 0 Å². The lowest BCUT2D eigenvalue weighted by Crippen LogP contribution is -2.55. The van der Waals surface area contributed by atoms with Gasteiger partial charge in [0.05, 0.1) is 13.2 Å². The first-order valence-electron chi connectivity index (χ1n) is 9.25. The molecular formula is C21H25ClO6. The van der Waals surface area contributed by atoms with Crippen LogP contribution < -0.4 is 4.74 Å². The van der Waals surface area contributed by atoms with Crippen molar-refractivity contribution in [2.45, 2.75) is 43.9 Å². The number of ether oxygens (including phenoxy) is 2. The van der Waals surface area contributed by atoms with Gasteiger partial charge in [0.2, 0.25) is 0 Å². The molecule has 1 aliphatic heterocycles. The third-order valence-electron chi connectivity index (χ3n) is 4.92. The van der Waals surface area contributed by atoms with Crippen LogP contribution in [0, 0.1) is 0 Å². The molecule has 2 aromatic rings. The van der Waals surface area contributed by atoms with Crippen molar-refractivity contribution in [1.29, 1.82) is 0 Å². The van der Waals surface area contributed by atoms with E-state index in [4.69, 9.17) is 21.1 Å². The predicted molar refractivity (Wildman–Crippen MR) is 105 cm³/mol. The van der Waals surface area contributed by atoms with Crippen molar-refractivity contribution < 1.29 is 29.9 Å². The zero-order chi connectivity index (χ0) is 20.3. The van der Waals surface area contributed by atoms with E-state index in [1.807, 2.05) is 37.3 Å². The first-order chi connectivity index (χ1) is 13.4. The number of hydrogen-bond donors (Lipinski definition) is 4. The lowest BCUT2D eigenvalue weighted by atomic mass is 9.90. The highest BCUT2D eigenvalue weighted by Crippen LogP contribution is 2.34. The summed E-state index contributed by atoms with van der Waals surface area (Å²) in [6, 6.07) is 12.9. The zero-order valence-corrected chi connectivity index (χ0v) is 16.3. The summed E-state index contributed by atoms with van der Waals surface area (Å²) in [5, 5.41) is 40.3. The Labute approximate surface area is 168 Å². The molecular weight excluding hydrogens is 384 g/mol. The van der Waals surface area contributed by atoms with Crippen molar-refractivity contribution in [3.8, 4) is 5.75 Å².